The first-order valence-electron chi connectivity index (χ1n) is 7.02. The molecule has 6 heteroatoms. The first-order valence-corrected chi connectivity index (χ1v) is 8.91. The van der Waals surface area contributed by atoms with Gasteiger partial charge in [0.2, 0.25) is 0 Å². The third-order valence-corrected chi connectivity index (χ3v) is 4.76. The Morgan fingerprint density at radius 1 is 1.17 bits per heavy atom. The summed E-state index contributed by atoms with van der Waals surface area (Å²) in [6.07, 6.45) is 2.54. The second kappa shape index (κ2) is 5.70. The van der Waals surface area contributed by atoms with Crippen LogP contribution in [0.25, 0.3) is 5.70 Å². The lowest BCUT2D eigenvalue weighted by Gasteiger charge is -2.21. The molecule has 0 unspecified atom stereocenters. The van der Waals surface area contributed by atoms with Crippen molar-refractivity contribution in [3.63, 3.8) is 0 Å². The lowest BCUT2D eigenvalue weighted by atomic mass is 10.1. The van der Waals surface area contributed by atoms with Crippen molar-refractivity contribution in [1.29, 1.82) is 0 Å². The van der Waals surface area contributed by atoms with E-state index in [4.69, 9.17) is 4.74 Å². The Kier molecular flexibility index (Phi) is 3.85. The third kappa shape index (κ3) is 3.07. The Hall–Kier alpha value is -2.34. The van der Waals surface area contributed by atoms with Gasteiger partial charge in [-0.25, -0.2) is 12.8 Å². The van der Waals surface area contributed by atoms with E-state index in [2.05, 4.69) is 0 Å². The molecule has 0 saturated heterocycles. The van der Waals surface area contributed by atoms with Crippen LogP contribution in [0.3, 0.4) is 0 Å². The summed E-state index contributed by atoms with van der Waals surface area (Å²) in [5.41, 5.74) is 3.29. The zero-order valence-electron chi connectivity index (χ0n) is 12.8. The molecular weight excluding hydrogens is 317 g/mol. The van der Waals surface area contributed by atoms with Crippen molar-refractivity contribution in [2.45, 2.75) is 11.8 Å². The maximum Gasteiger partial charge on any atom is 0.178 e. The number of halogens is 1. The summed E-state index contributed by atoms with van der Waals surface area (Å²) in [5.74, 6) is -0.762. The number of anilines is 1. The molecule has 4 nitrogen and oxygen atoms in total. The van der Waals surface area contributed by atoms with Crippen LogP contribution >= 0.6 is 0 Å². The molecule has 120 valence electrons. The zero-order chi connectivity index (χ0) is 16.6. The van der Waals surface area contributed by atoms with Crippen LogP contribution in [0.2, 0.25) is 0 Å². The quantitative estimate of drug-likeness (QED) is 0.864. The molecule has 0 aromatic heterocycles. The Morgan fingerprint density at radius 3 is 2.61 bits per heavy atom. The van der Waals surface area contributed by atoms with E-state index in [1.807, 2.05) is 36.1 Å². The summed E-state index contributed by atoms with van der Waals surface area (Å²) in [4.78, 5) is 1.60. The highest BCUT2D eigenvalue weighted by Gasteiger charge is 2.22. The molecule has 0 saturated carbocycles. The van der Waals surface area contributed by atoms with Gasteiger partial charge in [-0.3, -0.25) is 0 Å². The van der Waals surface area contributed by atoms with Crippen LogP contribution in [-0.2, 0) is 14.6 Å². The van der Waals surface area contributed by atoms with E-state index in [-0.39, 0.29) is 4.90 Å². The number of nitrogens with zero attached hydrogens (tertiary/aromatic N) is 1. The molecule has 3 rings (SSSR count). The first-order chi connectivity index (χ1) is 10.9. The molecule has 1 heterocycles. The highest BCUT2D eigenvalue weighted by atomic mass is 32.2. The van der Waals surface area contributed by atoms with Gasteiger partial charge in [0.1, 0.15) is 17.0 Å². The van der Waals surface area contributed by atoms with Crippen molar-refractivity contribution >= 4 is 21.2 Å². The predicted molar refractivity (Wildman–Crippen MR) is 87.1 cm³/mol. The van der Waals surface area contributed by atoms with E-state index in [0.29, 0.717) is 18.0 Å². The number of hydrogen-bond donors (Lipinski definition) is 0. The molecule has 0 spiro atoms. The van der Waals surface area contributed by atoms with Crippen molar-refractivity contribution in [2.75, 3.05) is 17.9 Å². The lowest BCUT2D eigenvalue weighted by molar-refractivity contribution is 0.282. The van der Waals surface area contributed by atoms with Gasteiger partial charge in [0, 0.05) is 17.5 Å². The third-order valence-electron chi connectivity index (χ3n) is 3.63. The minimum absolute atomic E-state index is 0.303. The average Bonchev–Trinajstić information content (AvgIpc) is 2.95. The Morgan fingerprint density at radius 2 is 1.96 bits per heavy atom. The molecular formula is C17H16FNO3S. The number of benzene rings is 2. The van der Waals surface area contributed by atoms with Gasteiger partial charge in [-0.1, -0.05) is 18.2 Å². The number of sulfone groups is 1. The fourth-order valence-corrected chi connectivity index (χ4v) is 3.25. The first kappa shape index (κ1) is 15.6. The van der Waals surface area contributed by atoms with Crippen molar-refractivity contribution in [2.24, 2.45) is 0 Å². The summed E-state index contributed by atoms with van der Waals surface area (Å²) < 4.78 is 42.5. The van der Waals surface area contributed by atoms with E-state index in [1.165, 1.54) is 12.1 Å². The van der Waals surface area contributed by atoms with E-state index in [9.17, 15) is 12.8 Å². The molecule has 0 N–H and O–H groups in total. The Balaban J connectivity index is 1.99. The summed E-state index contributed by atoms with van der Waals surface area (Å²) in [6.45, 7) is 2.32. The van der Waals surface area contributed by atoms with Crippen molar-refractivity contribution < 1.29 is 17.5 Å². The maximum absolute atomic E-state index is 14.1. The monoisotopic (exact) mass is 333 g/mol. The van der Waals surface area contributed by atoms with Crippen LogP contribution in [0.15, 0.2) is 53.6 Å². The van der Waals surface area contributed by atoms with E-state index >= 15 is 0 Å². The molecule has 0 fully saturated rings. The smallest absolute Gasteiger partial charge is 0.178 e. The van der Waals surface area contributed by atoms with Crippen LogP contribution in [0.1, 0.15) is 11.1 Å². The van der Waals surface area contributed by atoms with Gasteiger partial charge in [0.05, 0.1) is 5.70 Å². The maximum atomic E-state index is 14.1. The van der Waals surface area contributed by atoms with E-state index < -0.39 is 15.7 Å². The zero-order valence-corrected chi connectivity index (χ0v) is 13.6. The van der Waals surface area contributed by atoms with Gasteiger partial charge < -0.3 is 9.64 Å². The fraction of sp³-hybridized carbons (Fsp3) is 0.176. The molecule has 0 atom stereocenters. The average molecular weight is 333 g/mol. The van der Waals surface area contributed by atoms with Gasteiger partial charge in [-0.05, 0) is 36.8 Å². The van der Waals surface area contributed by atoms with E-state index in [0.717, 1.165) is 17.5 Å². The van der Waals surface area contributed by atoms with Crippen LogP contribution in [0.4, 0.5) is 10.1 Å². The second-order valence-corrected chi connectivity index (χ2v) is 7.47. The minimum atomic E-state index is -3.58. The van der Waals surface area contributed by atoms with Crippen LogP contribution < -0.4 is 4.90 Å². The molecule has 0 radical (unpaired) electrons. The Labute approximate surface area is 134 Å². The standard InChI is InChI=1S/C17H16FNO3S/c1-12-4-3-5-14(8-12)19-11-22-10-16(19)13-6-7-17(15(18)9-13)23(2,20)21/h3-10H,11H2,1-2H3. The summed E-state index contributed by atoms with van der Waals surface area (Å²) in [7, 11) is -3.58. The largest absolute Gasteiger partial charge is 0.478 e. The number of ether oxygens (including phenoxy) is 1. The van der Waals surface area contributed by atoms with Gasteiger partial charge in [-0.15, -0.1) is 0 Å². The summed E-state index contributed by atoms with van der Waals surface area (Å²) >= 11 is 0. The number of aryl methyl sites for hydroxylation is 1. The van der Waals surface area contributed by atoms with Crippen LogP contribution in [0.5, 0.6) is 0 Å². The molecule has 1 aliphatic rings. The highest BCUT2D eigenvalue weighted by Crippen LogP contribution is 2.31. The molecule has 2 aromatic carbocycles. The minimum Gasteiger partial charge on any atom is -0.478 e. The Bertz CT molecular complexity index is 890. The topological polar surface area (TPSA) is 46.6 Å². The predicted octanol–water partition coefficient (Wildman–Crippen LogP) is 3.33. The molecule has 0 aliphatic carbocycles. The molecule has 0 amide bonds. The van der Waals surface area contributed by atoms with E-state index in [1.54, 1.807) is 12.3 Å². The van der Waals surface area contributed by atoms with Gasteiger partial charge in [0.25, 0.3) is 0 Å². The molecule has 0 bridgehead atoms. The van der Waals surface area contributed by atoms with Gasteiger partial charge in [-0.2, -0.15) is 0 Å². The summed E-state index contributed by atoms with van der Waals surface area (Å²) in [5, 5.41) is 0. The lowest BCUT2D eigenvalue weighted by Crippen LogP contribution is -2.18. The molecule has 23 heavy (non-hydrogen) atoms. The normalized spacial score (nSPS) is 14.6. The van der Waals surface area contributed by atoms with Gasteiger partial charge in [0.15, 0.2) is 16.6 Å². The molecule has 1 aliphatic heterocycles. The highest BCUT2D eigenvalue weighted by molar-refractivity contribution is 7.90. The van der Waals surface area contributed by atoms with Gasteiger partial charge >= 0.3 is 0 Å². The van der Waals surface area contributed by atoms with Crippen molar-refractivity contribution in [1.82, 2.24) is 0 Å². The SMILES string of the molecule is Cc1cccc(N2COC=C2c2ccc(S(C)(=O)=O)c(F)c2)c1. The van der Waals surface area contributed by atoms with Crippen LogP contribution in [0, 0.1) is 12.7 Å². The number of rotatable bonds is 3. The van der Waals surface area contributed by atoms with Crippen molar-refractivity contribution in [3.8, 4) is 0 Å². The fourth-order valence-electron chi connectivity index (χ4n) is 2.52. The van der Waals surface area contributed by atoms with Crippen LogP contribution in [-0.4, -0.2) is 21.4 Å². The van der Waals surface area contributed by atoms with Crippen molar-refractivity contribution in [3.05, 3.63) is 65.7 Å². The summed E-state index contributed by atoms with van der Waals surface area (Å²) in [6, 6.07) is 12.0. The second-order valence-electron chi connectivity index (χ2n) is 5.48. The molecule has 2 aromatic rings. The number of hydrogen-bond acceptors (Lipinski definition) is 4.